The van der Waals surface area contributed by atoms with Crippen LogP contribution in [0.5, 0.6) is 11.5 Å². The van der Waals surface area contributed by atoms with Crippen molar-refractivity contribution in [3.63, 3.8) is 0 Å². The highest BCUT2D eigenvalue weighted by atomic mass is 35.5. The number of carbonyl (C=O) groups excluding carboxylic acids is 1. The number of nitrogens with one attached hydrogen (secondary N) is 2. The normalized spacial score (nSPS) is 12.4. The van der Waals surface area contributed by atoms with Crippen LogP contribution in [0.4, 0.5) is 5.69 Å². The lowest BCUT2D eigenvalue weighted by molar-refractivity contribution is -0.140. The van der Waals surface area contributed by atoms with Gasteiger partial charge >= 0.3 is 5.97 Å². The Kier molecular flexibility index (Phi) is 7.33. The number of hydrogen-bond donors (Lipinski definition) is 5. The van der Waals surface area contributed by atoms with Gasteiger partial charge in [-0.1, -0.05) is 23.7 Å². The van der Waals surface area contributed by atoms with Gasteiger partial charge in [0.25, 0.3) is 5.91 Å². The van der Waals surface area contributed by atoms with Crippen molar-refractivity contribution in [1.29, 1.82) is 5.41 Å². The van der Waals surface area contributed by atoms with Crippen LogP contribution in [-0.2, 0) is 9.59 Å². The number of nitrogens with two attached hydrogens (primary N) is 1. The summed E-state index contributed by atoms with van der Waals surface area (Å²) in [5.74, 6) is -2.18. The Morgan fingerprint density at radius 2 is 1.87 bits per heavy atom. The quantitative estimate of drug-likeness (QED) is 0.235. The molecule has 0 heterocycles. The molecule has 0 aliphatic rings. The van der Waals surface area contributed by atoms with Crippen LogP contribution in [0.15, 0.2) is 47.3 Å². The van der Waals surface area contributed by atoms with Crippen molar-refractivity contribution < 1.29 is 24.5 Å². The first kappa shape index (κ1) is 23.4. The molecule has 0 fully saturated rings. The highest BCUT2D eigenvalue weighted by Crippen LogP contribution is 2.35. The summed E-state index contributed by atoms with van der Waals surface area (Å²) in [5.41, 5.74) is 5.02. The highest BCUT2D eigenvalue weighted by molar-refractivity contribution is 6.37. The fourth-order valence-corrected chi connectivity index (χ4v) is 2.80. The fraction of sp³-hybridized carbons (Fsp3) is 0.150. The van der Waals surface area contributed by atoms with Crippen molar-refractivity contribution in [2.45, 2.75) is 13.0 Å². The number of aliphatic carboxylic acids is 1. The molecule has 10 nitrogen and oxygen atoms in total. The van der Waals surface area contributed by atoms with E-state index in [1.807, 2.05) is 0 Å². The molecule has 162 valence electrons. The summed E-state index contributed by atoms with van der Waals surface area (Å²) in [6.45, 7) is 1.25. The second-order valence-corrected chi connectivity index (χ2v) is 6.74. The number of allylic oxidation sites excluding steroid dienone is 1. The van der Waals surface area contributed by atoms with Crippen LogP contribution < -0.4 is 15.8 Å². The zero-order valence-corrected chi connectivity index (χ0v) is 17.2. The van der Waals surface area contributed by atoms with Gasteiger partial charge in [-0.25, -0.2) is 0 Å². The van der Waals surface area contributed by atoms with Gasteiger partial charge in [0.2, 0.25) is 0 Å². The van der Waals surface area contributed by atoms with Crippen LogP contribution in [-0.4, -0.2) is 41.0 Å². The molecule has 0 saturated heterocycles. The zero-order valence-electron chi connectivity index (χ0n) is 16.5. The summed E-state index contributed by atoms with van der Waals surface area (Å²) in [6.07, 6.45) is 0. The third-order valence-electron chi connectivity index (χ3n) is 4.29. The Labute approximate surface area is 181 Å². The number of amides is 1. The van der Waals surface area contributed by atoms with Gasteiger partial charge in [0.15, 0.2) is 0 Å². The van der Waals surface area contributed by atoms with Gasteiger partial charge in [-0.05, 0) is 35.9 Å². The van der Waals surface area contributed by atoms with E-state index < -0.39 is 35.1 Å². The first-order chi connectivity index (χ1) is 14.6. The number of ether oxygens (including phenoxy) is 1. The van der Waals surface area contributed by atoms with E-state index in [2.05, 4.69) is 10.5 Å². The number of aromatic hydroxyl groups is 1. The molecule has 1 unspecified atom stereocenters. The molecule has 1 atom stereocenters. The summed E-state index contributed by atoms with van der Waals surface area (Å²) < 4.78 is 5.10. The van der Waals surface area contributed by atoms with E-state index in [4.69, 9.17) is 32.6 Å². The standard InChI is InChI=1S/C20H19ClN4O6/c1-9(20(28)29)24-19(27)18(23)16(10-3-5-11(31-2)6-4-10)17(22)12-7-13(21)14(25-30)8-15(12)26/h3-9,22,26H,23H2,1-2H3,(H,24,27)(H,28,29)/b18-16-,22-17?. The summed E-state index contributed by atoms with van der Waals surface area (Å²) in [5, 5.41) is 32.7. The highest BCUT2D eigenvalue weighted by Gasteiger charge is 2.24. The first-order valence-electron chi connectivity index (χ1n) is 8.73. The molecule has 0 aliphatic heterocycles. The van der Waals surface area contributed by atoms with Crippen molar-refractivity contribution in [1.82, 2.24) is 5.32 Å². The minimum absolute atomic E-state index is 0.101. The Hall–Kier alpha value is -3.92. The molecule has 0 bridgehead atoms. The van der Waals surface area contributed by atoms with E-state index in [9.17, 15) is 19.6 Å². The first-order valence-corrected chi connectivity index (χ1v) is 9.11. The number of benzene rings is 2. The number of carbonyl (C=O) groups is 2. The number of carboxylic acids is 1. The van der Waals surface area contributed by atoms with Crippen molar-refractivity contribution in [3.8, 4) is 11.5 Å². The lowest BCUT2D eigenvalue weighted by Crippen LogP contribution is -2.41. The average Bonchev–Trinajstić information content (AvgIpc) is 2.75. The monoisotopic (exact) mass is 446 g/mol. The molecule has 1 amide bonds. The van der Waals surface area contributed by atoms with Gasteiger partial charge in [0.1, 0.15) is 28.9 Å². The molecule has 2 aromatic rings. The average molecular weight is 447 g/mol. The van der Waals surface area contributed by atoms with E-state index in [0.29, 0.717) is 11.3 Å². The van der Waals surface area contributed by atoms with Crippen LogP contribution in [0.2, 0.25) is 5.02 Å². The van der Waals surface area contributed by atoms with Crippen LogP contribution >= 0.6 is 11.6 Å². The van der Waals surface area contributed by atoms with Crippen LogP contribution in [0.3, 0.4) is 0 Å². The molecule has 0 aromatic heterocycles. The Balaban J connectivity index is 2.65. The molecule has 0 spiro atoms. The summed E-state index contributed by atoms with van der Waals surface area (Å²) in [7, 11) is 1.46. The van der Waals surface area contributed by atoms with E-state index >= 15 is 0 Å². The van der Waals surface area contributed by atoms with Gasteiger partial charge < -0.3 is 26.0 Å². The van der Waals surface area contributed by atoms with Crippen LogP contribution in [0, 0.1) is 10.3 Å². The molecule has 2 aromatic carbocycles. The number of phenols is 1. The fourth-order valence-electron chi connectivity index (χ4n) is 2.60. The number of nitroso groups, excluding NO2 is 1. The van der Waals surface area contributed by atoms with Crippen LogP contribution in [0.25, 0.3) is 5.57 Å². The van der Waals surface area contributed by atoms with Crippen molar-refractivity contribution in [3.05, 3.63) is 63.2 Å². The molecular weight excluding hydrogens is 428 g/mol. The van der Waals surface area contributed by atoms with Gasteiger partial charge in [0, 0.05) is 17.2 Å². The maximum atomic E-state index is 12.6. The largest absolute Gasteiger partial charge is 0.507 e. The molecule has 31 heavy (non-hydrogen) atoms. The van der Waals surface area contributed by atoms with Gasteiger partial charge in [-0.15, -0.1) is 4.91 Å². The molecule has 2 rings (SSSR count). The van der Waals surface area contributed by atoms with Crippen molar-refractivity contribution in [2.75, 3.05) is 7.11 Å². The topological polar surface area (TPSA) is 175 Å². The molecule has 0 saturated carbocycles. The van der Waals surface area contributed by atoms with Gasteiger partial charge in [-0.2, -0.15) is 0 Å². The Morgan fingerprint density at radius 3 is 2.39 bits per heavy atom. The third-order valence-corrected chi connectivity index (χ3v) is 4.60. The Bertz CT molecular complexity index is 1080. The minimum Gasteiger partial charge on any atom is -0.507 e. The van der Waals surface area contributed by atoms with Gasteiger partial charge in [-0.3, -0.25) is 15.0 Å². The lowest BCUT2D eigenvalue weighted by atomic mass is 9.93. The SMILES string of the molecule is COc1ccc(/C(C(=N)c2cc(Cl)c(N=O)cc2O)=C(/N)C(=O)NC(C)C(=O)O)cc1. The number of halogens is 1. The van der Waals surface area contributed by atoms with Gasteiger partial charge in [0.05, 0.1) is 17.8 Å². The maximum Gasteiger partial charge on any atom is 0.325 e. The number of methoxy groups -OCH3 is 1. The number of carboxylic acid groups (broad SMARTS) is 1. The predicted octanol–water partition coefficient (Wildman–Crippen LogP) is 2.78. The molecule has 6 N–H and O–H groups in total. The second-order valence-electron chi connectivity index (χ2n) is 6.34. The molecule has 0 aliphatic carbocycles. The summed E-state index contributed by atoms with van der Waals surface area (Å²) >= 11 is 5.97. The lowest BCUT2D eigenvalue weighted by Gasteiger charge is -2.17. The Morgan fingerprint density at radius 1 is 1.26 bits per heavy atom. The predicted molar refractivity (Wildman–Crippen MR) is 115 cm³/mol. The van der Waals surface area contributed by atoms with E-state index in [1.165, 1.54) is 26.2 Å². The molecule has 0 radical (unpaired) electrons. The van der Waals surface area contributed by atoms with Crippen molar-refractivity contribution >= 4 is 40.4 Å². The number of nitrogens with zero attached hydrogens (tertiary/aromatic N) is 1. The number of rotatable bonds is 8. The van der Waals surface area contributed by atoms with E-state index in [0.717, 1.165) is 12.1 Å². The number of phenolic OH excluding ortho intramolecular Hbond substituents is 1. The zero-order chi connectivity index (χ0) is 23.3. The summed E-state index contributed by atoms with van der Waals surface area (Å²) in [6, 6.07) is 7.09. The van der Waals surface area contributed by atoms with E-state index in [-0.39, 0.29) is 21.8 Å². The van der Waals surface area contributed by atoms with Crippen LogP contribution in [0.1, 0.15) is 18.1 Å². The molecular formula is C20H19ClN4O6. The summed E-state index contributed by atoms with van der Waals surface area (Å²) in [4.78, 5) is 34.4. The third kappa shape index (κ3) is 5.17. The second kappa shape index (κ2) is 9.72. The smallest absolute Gasteiger partial charge is 0.325 e. The molecule has 11 heteroatoms. The van der Waals surface area contributed by atoms with E-state index in [1.54, 1.807) is 12.1 Å². The number of hydrogen-bond acceptors (Lipinski definition) is 8. The minimum atomic E-state index is -1.27. The van der Waals surface area contributed by atoms with Crippen molar-refractivity contribution in [2.24, 2.45) is 10.9 Å². The maximum absolute atomic E-state index is 12.6.